The summed E-state index contributed by atoms with van der Waals surface area (Å²) in [7, 11) is 1.80. The van der Waals surface area contributed by atoms with Crippen LogP contribution in [0.3, 0.4) is 0 Å². The number of hydrogen-bond donors (Lipinski definition) is 2. The zero-order valence-corrected chi connectivity index (χ0v) is 17.8. The van der Waals surface area contributed by atoms with Gasteiger partial charge in [-0.15, -0.1) is 24.0 Å². The lowest BCUT2D eigenvalue weighted by Gasteiger charge is -2.17. The highest BCUT2D eigenvalue weighted by Gasteiger charge is 2.13. The van der Waals surface area contributed by atoms with Gasteiger partial charge in [0.1, 0.15) is 5.82 Å². The minimum atomic E-state index is 0. The maximum atomic E-state index is 5.34. The molecule has 2 rings (SSSR count). The number of aromatic nitrogens is 1. The van der Waals surface area contributed by atoms with Gasteiger partial charge in [0.25, 0.3) is 0 Å². The van der Waals surface area contributed by atoms with Gasteiger partial charge in [-0.3, -0.25) is 4.99 Å². The summed E-state index contributed by atoms with van der Waals surface area (Å²) in [4.78, 5) is 11.1. The molecule has 0 aliphatic carbocycles. The molecule has 6 nitrogen and oxygen atoms in total. The van der Waals surface area contributed by atoms with E-state index in [4.69, 9.17) is 4.74 Å². The van der Waals surface area contributed by atoms with Crippen molar-refractivity contribution in [3.05, 3.63) is 23.9 Å². The molecule has 0 atom stereocenters. The minimum absolute atomic E-state index is 0. The summed E-state index contributed by atoms with van der Waals surface area (Å²) in [6, 6.07) is 4.23. The number of nitrogens with zero attached hydrogens (tertiary/aromatic N) is 3. The molecule has 1 aliphatic rings. The molecule has 142 valence electrons. The van der Waals surface area contributed by atoms with E-state index < -0.39 is 0 Å². The Hall–Kier alpha value is -1.09. The van der Waals surface area contributed by atoms with E-state index in [-0.39, 0.29) is 24.0 Å². The van der Waals surface area contributed by atoms with Crippen LogP contribution >= 0.6 is 24.0 Å². The summed E-state index contributed by atoms with van der Waals surface area (Å²) in [6.45, 7) is 7.55. The summed E-state index contributed by atoms with van der Waals surface area (Å²) >= 11 is 0. The van der Waals surface area contributed by atoms with Crippen molar-refractivity contribution in [1.82, 2.24) is 15.6 Å². The van der Waals surface area contributed by atoms with E-state index in [2.05, 4.69) is 37.6 Å². The lowest BCUT2D eigenvalue weighted by molar-refractivity contribution is 0.143. The monoisotopic (exact) mass is 461 g/mol. The first-order valence-electron chi connectivity index (χ1n) is 9.05. The van der Waals surface area contributed by atoms with Gasteiger partial charge >= 0.3 is 0 Å². The lowest BCUT2D eigenvalue weighted by atomic mass is 10.2. The van der Waals surface area contributed by atoms with Crippen LogP contribution in [0.1, 0.15) is 38.2 Å². The van der Waals surface area contributed by atoms with E-state index in [1.54, 1.807) is 7.05 Å². The molecule has 0 amide bonds. The van der Waals surface area contributed by atoms with Crippen LogP contribution in [-0.4, -0.2) is 50.8 Å². The van der Waals surface area contributed by atoms with Gasteiger partial charge in [0, 0.05) is 52.6 Å². The van der Waals surface area contributed by atoms with Gasteiger partial charge in [-0.2, -0.15) is 0 Å². The molecule has 2 N–H and O–H groups in total. The molecule has 1 saturated heterocycles. The number of hydrogen-bond acceptors (Lipinski definition) is 4. The van der Waals surface area contributed by atoms with E-state index in [1.165, 1.54) is 18.4 Å². The Bertz CT molecular complexity index is 506. The molecule has 1 aromatic heterocycles. The van der Waals surface area contributed by atoms with Gasteiger partial charge in [0.2, 0.25) is 0 Å². The van der Waals surface area contributed by atoms with Gasteiger partial charge < -0.3 is 20.3 Å². The zero-order chi connectivity index (χ0) is 17.0. The molecule has 7 heteroatoms. The highest BCUT2D eigenvalue weighted by Crippen LogP contribution is 2.18. The predicted octanol–water partition coefficient (Wildman–Crippen LogP) is 2.78. The summed E-state index contributed by atoms with van der Waals surface area (Å²) in [5, 5.41) is 6.71. The van der Waals surface area contributed by atoms with E-state index in [1.807, 2.05) is 13.1 Å². The molecular formula is C18H32IN5O. The van der Waals surface area contributed by atoms with E-state index in [9.17, 15) is 0 Å². The number of aliphatic imine (C=N–C) groups is 1. The molecule has 0 unspecified atom stereocenters. The lowest BCUT2D eigenvalue weighted by Crippen LogP contribution is -2.37. The molecule has 0 bridgehead atoms. The quantitative estimate of drug-likeness (QED) is 0.256. The first kappa shape index (κ1) is 22.0. The SMILES string of the molecule is CCOCCCCNC(=NC)NCc1ccnc(N2CCCC2)c1.I. The molecule has 1 fully saturated rings. The Morgan fingerprint density at radius 2 is 2.08 bits per heavy atom. The van der Waals surface area contributed by atoms with Crippen LogP contribution < -0.4 is 15.5 Å². The summed E-state index contributed by atoms with van der Waals surface area (Å²) in [5.41, 5.74) is 1.23. The van der Waals surface area contributed by atoms with Gasteiger partial charge in [-0.1, -0.05) is 0 Å². The molecule has 0 saturated carbocycles. The van der Waals surface area contributed by atoms with Crippen molar-refractivity contribution >= 4 is 35.8 Å². The largest absolute Gasteiger partial charge is 0.382 e. The van der Waals surface area contributed by atoms with Crippen molar-refractivity contribution in [2.45, 2.75) is 39.2 Å². The molecule has 25 heavy (non-hydrogen) atoms. The number of ether oxygens (including phenoxy) is 1. The van der Waals surface area contributed by atoms with Crippen molar-refractivity contribution in [3.8, 4) is 0 Å². The predicted molar refractivity (Wildman–Crippen MR) is 115 cm³/mol. The van der Waals surface area contributed by atoms with Crippen molar-refractivity contribution < 1.29 is 4.74 Å². The van der Waals surface area contributed by atoms with Crippen molar-refractivity contribution in [2.24, 2.45) is 4.99 Å². The van der Waals surface area contributed by atoms with Crippen LogP contribution in [0.4, 0.5) is 5.82 Å². The Labute approximate surface area is 168 Å². The third-order valence-electron chi connectivity index (χ3n) is 4.14. The maximum absolute atomic E-state index is 5.34. The third-order valence-corrected chi connectivity index (χ3v) is 4.14. The van der Waals surface area contributed by atoms with Gasteiger partial charge in [0.15, 0.2) is 5.96 Å². The van der Waals surface area contributed by atoms with Crippen molar-refractivity contribution in [2.75, 3.05) is 44.8 Å². The maximum Gasteiger partial charge on any atom is 0.191 e. The van der Waals surface area contributed by atoms with E-state index >= 15 is 0 Å². The first-order chi connectivity index (χ1) is 11.8. The molecule has 0 spiro atoms. The molecule has 2 heterocycles. The second-order valence-electron chi connectivity index (χ2n) is 5.97. The Morgan fingerprint density at radius 3 is 2.80 bits per heavy atom. The number of anilines is 1. The number of pyridine rings is 1. The standard InChI is InChI=1S/C18H31N5O.HI/c1-3-24-13-7-4-9-21-18(19-2)22-15-16-8-10-20-17(14-16)23-11-5-6-12-23;/h8,10,14H,3-7,9,11-13,15H2,1-2H3,(H2,19,21,22);1H. The van der Waals surface area contributed by atoms with Gasteiger partial charge in [-0.05, 0) is 50.3 Å². The van der Waals surface area contributed by atoms with Gasteiger partial charge in [-0.25, -0.2) is 4.98 Å². The number of unbranched alkanes of at least 4 members (excludes halogenated alkanes) is 1. The van der Waals surface area contributed by atoms with Crippen LogP contribution in [0, 0.1) is 0 Å². The summed E-state index contributed by atoms with van der Waals surface area (Å²) < 4.78 is 5.34. The highest BCUT2D eigenvalue weighted by molar-refractivity contribution is 14.0. The third kappa shape index (κ3) is 8.22. The van der Waals surface area contributed by atoms with Crippen LogP contribution in [0.15, 0.2) is 23.3 Å². The zero-order valence-electron chi connectivity index (χ0n) is 15.5. The Balaban J connectivity index is 0.00000312. The fourth-order valence-electron chi connectivity index (χ4n) is 2.78. The van der Waals surface area contributed by atoms with Crippen molar-refractivity contribution in [3.63, 3.8) is 0 Å². The van der Waals surface area contributed by atoms with E-state index in [0.29, 0.717) is 0 Å². The van der Waals surface area contributed by atoms with Crippen LogP contribution in [-0.2, 0) is 11.3 Å². The normalized spacial score (nSPS) is 14.3. The number of nitrogens with one attached hydrogen (secondary N) is 2. The smallest absolute Gasteiger partial charge is 0.191 e. The topological polar surface area (TPSA) is 61.8 Å². The second kappa shape index (κ2) is 13.2. The fraction of sp³-hybridized carbons (Fsp3) is 0.667. The summed E-state index contributed by atoms with van der Waals surface area (Å²) in [6.07, 6.45) is 6.58. The average molecular weight is 461 g/mol. The second-order valence-corrected chi connectivity index (χ2v) is 5.97. The minimum Gasteiger partial charge on any atom is -0.382 e. The van der Waals surface area contributed by atoms with Gasteiger partial charge in [0.05, 0.1) is 0 Å². The van der Waals surface area contributed by atoms with Crippen LogP contribution in [0.25, 0.3) is 0 Å². The Kier molecular flexibility index (Phi) is 11.6. The molecule has 1 aromatic rings. The molecular weight excluding hydrogens is 429 g/mol. The summed E-state index contributed by atoms with van der Waals surface area (Å²) in [5.74, 6) is 1.93. The number of halogens is 1. The van der Waals surface area contributed by atoms with Crippen molar-refractivity contribution in [1.29, 1.82) is 0 Å². The molecule has 0 aromatic carbocycles. The highest BCUT2D eigenvalue weighted by atomic mass is 127. The van der Waals surface area contributed by atoms with Crippen LogP contribution in [0.2, 0.25) is 0 Å². The van der Waals surface area contributed by atoms with E-state index in [0.717, 1.165) is 64.0 Å². The first-order valence-corrected chi connectivity index (χ1v) is 9.05. The molecule has 1 aliphatic heterocycles. The Morgan fingerprint density at radius 1 is 1.28 bits per heavy atom. The van der Waals surface area contributed by atoms with Crippen LogP contribution in [0.5, 0.6) is 0 Å². The number of rotatable bonds is 9. The number of guanidine groups is 1. The molecule has 0 radical (unpaired) electrons. The average Bonchev–Trinajstić information content (AvgIpc) is 3.15. The fourth-order valence-corrected chi connectivity index (χ4v) is 2.78.